The monoisotopic (exact) mass is 276 g/mol. The first-order valence-electron chi connectivity index (χ1n) is 5.71. The van der Waals surface area contributed by atoms with Crippen molar-refractivity contribution in [2.75, 3.05) is 5.73 Å². The number of oxazole rings is 1. The number of halogens is 2. The van der Waals surface area contributed by atoms with Gasteiger partial charge in [-0.25, -0.2) is 9.37 Å². The summed E-state index contributed by atoms with van der Waals surface area (Å²) in [5.41, 5.74) is 8.25. The minimum absolute atomic E-state index is 0.217. The second kappa shape index (κ2) is 4.55. The molecule has 0 atom stereocenters. The maximum absolute atomic E-state index is 13.2. The molecule has 0 spiro atoms. The second-order valence-corrected chi connectivity index (χ2v) is 4.63. The average Bonchev–Trinajstić information content (AvgIpc) is 2.75. The molecule has 2 aromatic carbocycles. The Morgan fingerprint density at radius 1 is 1.26 bits per heavy atom. The van der Waals surface area contributed by atoms with Crippen LogP contribution in [0.5, 0.6) is 0 Å². The molecule has 0 aliphatic rings. The van der Waals surface area contributed by atoms with Gasteiger partial charge in [0, 0.05) is 11.8 Å². The third kappa shape index (κ3) is 2.27. The van der Waals surface area contributed by atoms with Gasteiger partial charge in [-0.3, -0.25) is 0 Å². The Balaban J connectivity index is 2.03. The summed E-state index contributed by atoms with van der Waals surface area (Å²) in [7, 11) is 0. The zero-order chi connectivity index (χ0) is 13.4. The van der Waals surface area contributed by atoms with E-state index in [0.29, 0.717) is 29.1 Å². The predicted octanol–water partition coefficient (Wildman–Crippen LogP) is 3.79. The summed E-state index contributed by atoms with van der Waals surface area (Å²) in [6, 6.07) is 9.95. The van der Waals surface area contributed by atoms with Crippen molar-refractivity contribution >= 4 is 28.4 Å². The number of hydrogen-bond acceptors (Lipinski definition) is 3. The fourth-order valence-corrected chi connectivity index (χ4v) is 2.18. The smallest absolute Gasteiger partial charge is 0.200 e. The number of benzene rings is 2. The van der Waals surface area contributed by atoms with Gasteiger partial charge in [-0.05, 0) is 17.7 Å². The van der Waals surface area contributed by atoms with E-state index >= 15 is 0 Å². The molecule has 3 rings (SSSR count). The Hall–Kier alpha value is -2.07. The number of para-hydroxylation sites is 1. The molecular weight excluding hydrogens is 267 g/mol. The molecule has 0 radical (unpaired) electrons. The molecule has 0 saturated heterocycles. The lowest BCUT2D eigenvalue weighted by Crippen LogP contribution is -1.95. The van der Waals surface area contributed by atoms with E-state index in [4.69, 9.17) is 21.8 Å². The molecule has 19 heavy (non-hydrogen) atoms. The van der Waals surface area contributed by atoms with E-state index in [1.807, 2.05) is 24.3 Å². The van der Waals surface area contributed by atoms with E-state index in [1.165, 1.54) is 12.1 Å². The summed E-state index contributed by atoms with van der Waals surface area (Å²) in [6.07, 6.45) is 0.444. The largest absolute Gasteiger partial charge is 0.439 e. The molecule has 96 valence electrons. The number of fused-ring (bicyclic) bond motifs is 1. The van der Waals surface area contributed by atoms with Crippen LogP contribution in [0, 0.1) is 5.82 Å². The van der Waals surface area contributed by atoms with Gasteiger partial charge in [0.1, 0.15) is 11.3 Å². The molecule has 5 heteroatoms. The molecule has 0 unspecified atom stereocenters. The Morgan fingerprint density at radius 3 is 2.84 bits per heavy atom. The Bertz CT molecular complexity index is 754. The maximum atomic E-state index is 13.2. The molecule has 3 nitrogen and oxygen atoms in total. The van der Waals surface area contributed by atoms with E-state index in [0.717, 1.165) is 5.56 Å². The lowest BCUT2D eigenvalue weighted by atomic mass is 10.1. The first-order chi connectivity index (χ1) is 9.13. The summed E-state index contributed by atoms with van der Waals surface area (Å²) >= 11 is 5.91. The van der Waals surface area contributed by atoms with Gasteiger partial charge in [0.05, 0.1) is 11.4 Å². The minimum Gasteiger partial charge on any atom is -0.439 e. The number of aromatic nitrogens is 1. The molecule has 1 aromatic heterocycles. The highest BCUT2D eigenvalue weighted by Crippen LogP contribution is 2.27. The van der Waals surface area contributed by atoms with Crippen molar-refractivity contribution < 1.29 is 8.81 Å². The molecular formula is C14H10ClFN2O. The first kappa shape index (κ1) is 12.0. The van der Waals surface area contributed by atoms with E-state index in [1.54, 1.807) is 0 Å². The van der Waals surface area contributed by atoms with Gasteiger partial charge >= 0.3 is 0 Å². The highest BCUT2D eigenvalue weighted by atomic mass is 35.5. The number of nitrogens with zero attached hydrogens (tertiary/aromatic N) is 1. The van der Waals surface area contributed by atoms with Gasteiger partial charge in [0.25, 0.3) is 0 Å². The van der Waals surface area contributed by atoms with Gasteiger partial charge in [-0.15, -0.1) is 0 Å². The fourth-order valence-electron chi connectivity index (χ4n) is 1.94. The quantitative estimate of drug-likeness (QED) is 0.725. The van der Waals surface area contributed by atoms with Crippen LogP contribution in [0.15, 0.2) is 40.8 Å². The highest BCUT2D eigenvalue weighted by molar-refractivity contribution is 6.34. The van der Waals surface area contributed by atoms with Crippen LogP contribution in [0.2, 0.25) is 5.02 Å². The SMILES string of the molecule is Nc1ccccc1Cc1nc2cc(F)cc(Cl)c2o1. The van der Waals surface area contributed by atoms with Crippen LogP contribution < -0.4 is 5.73 Å². The number of rotatable bonds is 2. The molecule has 0 fully saturated rings. The van der Waals surface area contributed by atoms with Crippen LogP contribution in [0.25, 0.3) is 11.1 Å². The molecule has 0 bridgehead atoms. The van der Waals surface area contributed by atoms with Crippen molar-refractivity contribution in [3.8, 4) is 0 Å². The fraction of sp³-hybridized carbons (Fsp3) is 0.0714. The number of hydrogen-bond donors (Lipinski definition) is 1. The molecule has 0 aliphatic heterocycles. The third-order valence-corrected chi connectivity index (χ3v) is 3.13. The zero-order valence-electron chi connectivity index (χ0n) is 9.86. The van der Waals surface area contributed by atoms with Crippen molar-refractivity contribution in [3.63, 3.8) is 0 Å². The summed E-state index contributed by atoms with van der Waals surface area (Å²) < 4.78 is 18.8. The van der Waals surface area contributed by atoms with Crippen molar-refractivity contribution in [3.05, 3.63) is 58.7 Å². The molecule has 3 aromatic rings. The summed E-state index contributed by atoms with van der Waals surface area (Å²) in [5.74, 6) is 0.0250. The second-order valence-electron chi connectivity index (χ2n) is 4.22. The van der Waals surface area contributed by atoms with E-state index in [9.17, 15) is 4.39 Å². The van der Waals surface area contributed by atoms with Gasteiger partial charge in [-0.1, -0.05) is 29.8 Å². The van der Waals surface area contributed by atoms with Crippen molar-refractivity contribution in [1.29, 1.82) is 0 Å². The van der Waals surface area contributed by atoms with E-state index in [-0.39, 0.29) is 5.02 Å². The molecule has 0 saturated carbocycles. The highest BCUT2D eigenvalue weighted by Gasteiger charge is 2.12. The third-order valence-electron chi connectivity index (χ3n) is 2.85. The normalized spacial score (nSPS) is 11.1. The number of nitrogen functional groups attached to an aromatic ring is 1. The van der Waals surface area contributed by atoms with E-state index < -0.39 is 5.82 Å². The van der Waals surface area contributed by atoms with Crippen LogP contribution in [0.4, 0.5) is 10.1 Å². The lowest BCUT2D eigenvalue weighted by Gasteiger charge is -2.01. The molecule has 2 N–H and O–H groups in total. The van der Waals surface area contributed by atoms with Gasteiger partial charge in [0.2, 0.25) is 0 Å². The summed E-state index contributed by atoms with van der Waals surface area (Å²) in [6.45, 7) is 0. The molecule has 1 heterocycles. The Kier molecular flexibility index (Phi) is 2.87. The number of anilines is 1. The number of nitrogens with two attached hydrogens (primary N) is 1. The van der Waals surface area contributed by atoms with Crippen LogP contribution in [0.1, 0.15) is 11.5 Å². The van der Waals surface area contributed by atoms with Crippen LogP contribution in [-0.4, -0.2) is 4.98 Å². The predicted molar refractivity (Wildman–Crippen MR) is 72.6 cm³/mol. The first-order valence-corrected chi connectivity index (χ1v) is 6.09. The zero-order valence-corrected chi connectivity index (χ0v) is 10.6. The van der Waals surface area contributed by atoms with Crippen molar-refractivity contribution in [1.82, 2.24) is 4.98 Å². The topological polar surface area (TPSA) is 52.0 Å². The van der Waals surface area contributed by atoms with Crippen LogP contribution in [0.3, 0.4) is 0 Å². The van der Waals surface area contributed by atoms with Crippen molar-refractivity contribution in [2.45, 2.75) is 6.42 Å². The van der Waals surface area contributed by atoms with Crippen molar-refractivity contribution in [2.24, 2.45) is 0 Å². The minimum atomic E-state index is -0.434. The average molecular weight is 277 g/mol. The van der Waals surface area contributed by atoms with Gasteiger partial charge in [0.15, 0.2) is 11.5 Å². The molecule has 0 amide bonds. The van der Waals surface area contributed by atoms with Gasteiger partial charge in [-0.2, -0.15) is 0 Å². The standard InChI is InChI=1S/C14H10ClFN2O/c15-10-6-9(16)7-12-14(10)19-13(18-12)5-8-3-1-2-4-11(8)17/h1-4,6-7H,5,17H2. The van der Waals surface area contributed by atoms with Crippen LogP contribution >= 0.6 is 11.6 Å². The van der Waals surface area contributed by atoms with Gasteiger partial charge < -0.3 is 10.2 Å². The molecule has 0 aliphatic carbocycles. The Morgan fingerprint density at radius 2 is 2.05 bits per heavy atom. The summed E-state index contributed by atoms with van der Waals surface area (Å²) in [4.78, 5) is 4.22. The Labute approximate surface area is 113 Å². The summed E-state index contributed by atoms with van der Waals surface area (Å²) in [5, 5.41) is 0.217. The van der Waals surface area contributed by atoms with Crippen LogP contribution in [-0.2, 0) is 6.42 Å². The van der Waals surface area contributed by atoms with E-state index in [2.05, 4.69) is 4.98 Å². The maximum Gasteiger partial charge on any atom is 0.200 e. The lowest BCUT2D eigenvalue weighted by molar-refractivity contribution is 0.544.